The van der Waals surface area contributed by atoms with Gasteiger partial charge in [0.15, 0.2) is 0 Å². The summed E-state index contributed by atoms with van der Waals surface area (Å²) in [5.41, 5.74) is 1.70. The van der Waals surface area contributed by atoms with E-state index in [1.165, 1.54) is 5.56 Å². The third-order valence-corrected chi connectivity index (χ3v) is 3.78. The molecule has 1 saturated carbocycles. The van der Waals surface area contributed by atoms with Crippen molar-refractivity contribution in [3.63, 3.8) is 0 Å². The highest BCUT2D eigenvalue weighted by atomic mass is 79.9. The van der Waals surface area contributed by atoms with Gasteiger partial charge in [-0.15, -0.1) is 0 Å². The van der Waals surface area contributed by atoms with Gasteiger partial charge in [0.05, 0.1) is 5.60 Å². The molecule has 1 nitrogen and oxygen atoms in total. The Labute approximate surface area is 93.3 Å². The van der Waals surface area contributed by atoms with Crippen molar-refractivity contribution in [3.05, 3.63) is 33.8 Å². The standard InChI is InChI=1S/C12H15BrO/c1-9-5-4-6-10(13)11(9)12(14)7-2-3-8-12/h4-6,14H,2-3,7-8H2,1H3. The molecule has 1 aliphatic carbocycles. The molecule has 2 heteroatoms. The van der Waals surface area contributed by atoms with Crippen molar-refractivity contribution in [1.82, 2.24) is 0 Å². The van der Waals surface area contributed by atoms with E-state index < -0.39 is 5.60 Å². The minimum absolute atomic E-state index is 0.579. The predicted molar refractivity (Wildman–Crippen MR) is 61.2 cm³/mol. The van der Waals surface area contributed by atoms with E-state index in [4.69, 9.17) is 0 Å². The van der Waals surface area contributed by atoms with Crippen LogP contribution in [0.15, 0.2) is 22.7 Å². The first-order valence-corrected chi connectivity index (χ1v) is 5.91. The predicted octanol–water partition coefficient (Wildman–Crippen LogP) is 3.52. The van der Waals surface area contributed by atoms with Crippen LogP contribution in [0.25, 0.3) is 0 Å². The van der Waals surface area contributed by atoms with Gasteiger partial charge in [-0.25, -0.2) is 0 Å². The van der Waals surface area contributed by atoms with E-state index in [0.717, 1.165) is 35.7 Å². The first-order chi connectivity index (χ1) is 6.63. The van der Waals surface area contributed by atoms with Crippen LogP contribution in [-0.2, 0) is 5.60 Å². The van der Waals surface area contributed by atoms with Gasteiger partial charge in [-0.2, -0.15) is 0 Å². The van der Waals surface area contributed by atoms with Crippen molar-refractivity contribution in [1.29, 1.82) is 0 Å². The first-order valence-electron chi connectivity index (χ1n) is 5.11. The lowest BCUT2D eigenvalue weighted by Gasteiger charge is -2.26. The van der Waals surface area contributed by atoms with Crippen LogP contribution in [0.4, 0.5) is 0 Å². The molecule has 76 valence electrons. The fourth-order valence-electron chi connectivity index (χ4n) is 2.43. The Hall–Kier alpha value is -0.340. The summed E-state index contributed by atoms with van der Waals surface area (Å²) in [6.07, 6.45) is 4.07. The molecule has 0 unspecified atom stereocenters. The summed E-state index contributed by atoms with van der Waals surface area (Å²) in [5.74, 6) is 0. The van der Waals surface area contributed by atoms with Crippen molar-refractivity contribution in [2.24, 2.45) is 0 Å². The fraction of sp³-hybridized carbons (Fsp3) is 0.500. The zero-order chi connectivity index (χ0) is 10.2. The summed E-state index contributed by atoms with van der Waals surface area (Å²) in [6.45, 7) is 2.07. The highest BCUT2D eigenvalue weighted by Gasteiger charge is 2.35. The van der Waals surface area contributed by atoms with E-state index in [1.54, 1.807) is 0 Å². The van der Waals surface area contributed by atoms with Gasteiger partial charge in [0.1, 0.15) is 0 Å². The van der Waals surface area contributed by atoms with Gasteiger partial charge >= 0.3 is 0 Å². The molecule has 0 heterocycles. The average molecular weight is 255 g/mol. The van der Waals surface area contributed by atoms with Gasteiger partial charge in [-0.3, -0.25) is 0 Å². The summed E-state index contributed by atoms with van der Waals surface area (Å²) < 4.78 is 1.04. The molecule has 0 bridgehead atoms. The minimum atomic E-state index is -0.579. The number of benzene rings is 1. The lowest BCUT2D eigenvalue weighted by Crippen LogP contribution is -2.22. The molecular weight excluding hydrogens is 240 g/mol. The minimum Gasteiger partial charge on any atom is -0.385 e. The van der Waals surface area contributed by atoms with Crippen LogP contribution in [-0.4, -0.2) is 5.11 Å². The second-order valence-electron chi connectivity index (χ2n) is 4.17. The maximum atomic E-state index is 10.5. The molecule has 1 fully saturated rings. The number of aliphatic hydroxyl groups is 1. The summed E-state index contributed by atoms with van der Waals surface area (Å²) in [5, 5.41) is 10.5. The number of hydrogen-bond acceptors (Lipinski definition) is 1. The Bertz CT molecular complexity index is 320. The summed E-state index contributed by atoms with van der Waals surface area (Å²) in [6, 6.07) is 6.09. The molecule has 1 aromatic carbocycles. The molecule has 14 heavy (non-hydrogen) atoms. The Morgan fingerprint density at radius 2 is 1.93 bits per heavy atom. The third kappa shape index (κ3) is 1.61. The fourth-order valence-corrected chi connectivity index (χ4v) is 3.27. The molecule has 0 aromatic heterocycles. The van der Waals surface area contributed by atoms with E-state index in [1.807, 2.05) is 12.1 Å². The molecule has 2 rings (SSSR count). The molecule has 0 atom stereocenters. The quantitative estimate of drug-likeness (QED) is 0.814. The zero-order valence-corrected chi connectivity index (χ0v) is 9.97. The Kier molecular flexibility index (Phi) is 2.67. The van der Waals surface area contributed by atoms with E-state index in [0.29, 0.717) is 0 Å². The number of halogens is 1. The van der Waals surface area contributed by atoms with Crippen molar-refractivity contribution in [3.8, 4) is 0 Å². The van der Waals surface area contributed by atoms with Crippen molar-refractivity contribution in [2.45, 2.75) is 38.2 Å². The molecule has 1 aromatic rings. The van der Waals surface area contributed by atoms with Crippen LogP contribution < -0.4 is 0 Å². The van der Waals surface area contributed by atoms with Gasteiger partial charge in [0.25, 0.3) is 0 Å². The molecule has 0 spiro atoms. The van der Waals surface area contributed by atoms with Gasteiger partial charge in [-0.05, 0) is 31.4 Å². The van der Waals surface area contributed by atoms with Gasteiger partial charge in [0.2, 0.25) is 0 Å². The lowest BCUT2D eigenvalue weighted by molar-refractivity contribution is 0.0431. The van der Waals surface area contributed by atoms with Crippen LogP contribution in [0.3, 0.4) is 0 Å². The van der Waals surface area contributed by atoms with Gasteiger partial charge in [-0.1, -0.05) is 40.9 Å². The van der Waals surface area contributed by atoms with E-state index >= 15 is 0 Å². The van der Waals surface area contributed by atoms with Crippen LogP contribution in [0.5, 0.6) is 0 Å². The van der Waals surface area contributed by atoms with Crippen LogP contribution in [0, 0.1) is 6.92 Å². The molecule has 1 aliphatic rings. The van der Waals surface area contributed by atoms with E-state index in [-0.39, 0.29) is 0 Å². The van der Waals surface area contributed by atoms with Crippen LogP contribution in [0.1, 0.15) is 36.8 Å². The van der Waals surface area contributed by atoms with Crippen molar-refractivity contribution >= 4 is 15.9 Å². The highest BCUT2D eigenvalue weighted by molar-refractivity contribution is 9.10. The Balaban J connectivity index is 2.49. The first kappa shape index (κ1) is 10.2. The van der Waals surface area contributed by atoms with Gasteiger partial charge in [0, 0.05) is 10.0 Å². The summed E-state index contributed by atoms with van der Waals surface area (Å²) in [7, 11) is 0. The maximum Gasteiger partial charge on any atom is 0.0910 e. The molecule has 0 radical (unpaired) electrons. The van der Waals surface area contributed by atoms with E-state index in [9.17, 15) is 5.11 Å². The highest BCUT2D eigenvalue weighted by Crippen LogP contribution is 2.42. The smallest absolute Gasteiger partial charge is 0.0910 e. The number of aryl methyl sites for hydroxylation is 1. The van der Waals surface area contributed by atoms with Crippen LogP contribution in [0.2, 0.25) is 0 Å². The SMILES string of the molecule is Cc1cccc(Br)c1C1(O)CCCC1. The summed E-state index contributed by atoms with van der Waals surface area (Å²) >= 11 is 3.53. The second-order valence-corrected chi connectivity index (χ2v) is 5.02. The summed E-state index contributed by atoms with van der Waals surface area (Å²) in [4.78, 5) is 0. The van der Waals surface area contributed by atoms with Crippen molar-refractivity contribution in [2.75, 3.05) is 0 Å². The monoisotopic (exact) mass is 254 g/mol. The molecule has 0 amide bonds. The average Bonchev–Trinajstić information content (AvgIpc) is 2.52. The Morgan fingerprint density at radius 1 is 1.29 bits per heavy atom. The molecule has 0 aliphatic heterocycles. The second kappa shape index (κ2) is 3.67. The largest absolute Gasteiger partial charge is 0.385 e. The van der Waals surface area contributed by atoms with E-state index in [2.05, 4.69) is 28.9 Å². The maximum absolute atomic E-state index is 10.5. The molecular formula is C12H15BrO. The van der Waals surface area contributed by atoms with Gasteiger partial charge < -0.3 is 5.11 Å². The third-order valence-electron chi connectivity index (χ3n) is 3.12. The Morgan fingerprint density at radius 3 is 2.50 bits per heavy atom. The lowest BCUT2D eigenvalue weighted by atomic mass is 9.89. The zero-order valence-electron chi connectivity index (χ0n) is 8.39. The number of hydrogen-bond donors (Lipinski definition) is 1. The molecule has 1 N–H and O–H groups in total. The topological polar surface area (TPSA) is 20.2 Å². The van der Waals surface area contributed by atoms with Crippen molar-refractivity contribution < 1.29 is 5.11 Å². The van der Waals surface area contributed by atoms with Crippen LogP contribution >= 0.6 is 15.9 Å². The molecule has 0 saturated heterocycles. The number of rotatable bonds is 1. The normalized spacial score (nSPS) is 19.9.